The van der Waals surface area contributed by atoms with Crippen LogP contribution in [0.25, 0.3) is 11.0 Å². The third-order valence-electron chi connectivity index (χ3n) is 3.14. The molecule has 0 aliphatic carbocycles. The number of anilines is 2. The lowest BCUT2D eigenvalue weighted by Gasteiger charge is -2.08. The van der Waals surface area contributed by atoms with Gasteiger partial charge in [0, 0.05) is 11.9 Å². The van der Waals surface area contributed by atoms with Crippen LogP contribution in [0.3, 0.4) is 0 Å². The maximum Gasteiger partial charge on any atom is 0.178 e. The predicted molar refractivity (Wildman–Crippen MR) is 77.7 cm³/mol. The highest BCUT2D eigenvalue weighted by Crippen LogP contribution is 2.24. The van der Waals surface area contributed by atoms with Gasteiger partial charge in [-0.05, 0) is 35.7 Å². The number of pyridine rings is 1. The molecule has 3 rings (SSSR count). The van der Waals surface area contributed by atoms with Gasteiger partial charge in [-0.3, -0.25) is 10.1 Å². The Labute approximate surface area is 111 Å². The SMILES string of the molecule is CC(C)c1cccc(Nc2n[nH]c3cccnc23)c1. The smallest absolute Gasteiger partial charge is 0.178 e. The van der Waals surface area contributed by atoms with Crippen molar-refractivity contribution in [3.8, 4) is 0 Å². The molecule has 0 unspecified atom stereocenters. The van der Waals surface area contributed by atoms with Crippen molar-refractivity contribution >= 4 is 22.5 Å². The van der Waals surface area contributed by atoms with Gasteiger partial charge >= 0.3 is 0 Å². The zero-order valence-corrected chi connectivity index (χ0v) is 11.0. The van der Waals surface area contributed by atoms with Crippen molar-refractivity contribution in [1.29, 1.82) is 0 Å². The molecular formula is C15H16N4. The van der Waals surface area contributed by atoms with Gasteiger partial charge in [-0.1, -0.05) is 26.0 Å². The molecular weight excluding hydrogens is 236 g/mol. The maximum absolute atomic E-state index is 4.34. The molecule has 0 fully saturated rings. The number of rotatable bonds is 3. The molecule has 0 aliphatic heterocycles. The summed E-state index contributed by atoms with van der Waals surface area (Å²) in [5.41, 5.74) is 4.13. The van der Waals surface area contributed by atoms with Crippen LogP contribution in [0.4, 0.5) is 11.5 Å². The van der Waals surface area contributed by atoms with Crippen molar-refractivity contribution in [3.63, 3.8) is 0 Å². The number of nitrogens with zero attached hydrogens (tertiary/aromatic N) is 2. The largest absolute Gasteiger partial charge is 0.337 e. The highest BCUT2D eigenvalue weighted by atomic mass is 15.2. The van der Waals surface area contributed by atoms with Gasteiger partial charge in [-0.2, -0.15) is 5.10 Å². The summed E-state index contributed by atoms with van der Waals surface area (Å²) in [6, 6.07) is 12.2. The van der Waals surface area contributed by atoms with Gasteiger partial charge in [-0.15, -0.1) is 0 Å². The predicted octanol–water partition coefficient (Wildman–Crippen LogP) is 3.82. The van der Waals surface area contributed by atoms with Crippen LogP contribution >= 0.6 is 0 Å². The van der Waals surface area contributed by atoms with E-state index in [1.807, 2.05) is 18.2 Å². The van der Waals surface area contributed by atoms with Crippen molar-refractivity contribution < 1.29 is 0 Å². The fraction of sp³-hybridized carbons (Fsp3) is 0.200. The molecule has 0 aliphatic rings. The molecule has 0 saturated heterocycles. The number of nitrogens with one attached hydrogen (secondary N) is 2. The normalized spacial score (nSPS) is 11.1. The number of benzene rings is 1. The standard InChI is InChI=1S/C15H16N4/c1-10(2)11-5-3-6-12(9-11)17-15-14-13(18-19-15)7-4-8-16-14/h3-10H,1-2H3,(H2,17,18,19). The van der Waals surface area contributed by atoms with Crippen LogP contribution in [0.15, 0.2) is 42.6 Å². The Kier molecular flexibility index (Phi) is 2.91. The van der Waals surface area contributed by atoms with E-state index in [0.29, 0.717) is 5.92 Å². The molecule has 1 aromatic carbocycles. The van der Waals surface area contributed by atoms with Gasteiger partial charge in [0.1, 0.15) is 5.52 Å². The van der Waals surface area contributed by atoms with Crippen LogP contribution in [-0.2, 0) is 0 Å². The minimum atomic E-state index is 0.510. The monoisotopic (exact) mass is 252 g/mol. The topological polar surface area (TPSA) is 53.6 Å². The van der Waals surface area contributed by atoms with Crippen LogP contribution < -0.4 is 5.32 Å². The molecule has 0 atom stereocenters. The Balaban J connectivity index is 1.95. The first kappa shape index (κ1) is 11.7. The van der Waals surface area contributed by atoms with Crippen LogP contribution in [-0.4, -0.2) is 15.2 Å². The average Bonchev–Trinajstić information content (AvgIpc) is 2.83. The Hall–Kier alpha value is -2.36. The molecule has 3 aromatic rings. The number of aromatic amines is 1. The summed E-state index contributed by atoms with van der Waals surface area (Å²) in [6.45, 7) is 4.37. The third kappa shape index (κ3) is 2.29. The van der Waals surface area contributed by atoms with Gasteiger partial charge in [0.15, 0.2) is 5.82 Å². The second-order valence-electron chi connectivity index (χ2n) is 4.88. The van der Waals surface area contributed by atoms with Crippen molar-refractivity contribution in [1.82, 2.24) is 15.2 Å². The Morgan fingerprint density at radius 1 is 1.16 bits per heavy atom. The summed E-state index contributed by atoms with van der Waals surface area (Å²) in [5.74, 6) is 1.27. The van der Waals surface area contributed by atoms with Gasteiger partial charge < -0.3 is 5.32 Å². The Morgan fingerprint density at radius 2 is 2.05 bits per heavy atom. The number of aromatic nitrogens is 3. The minimum Gasteiger partial charge on any atom is -0.337 e. The average molecular weight is 252 g/mol. The van der Waals surface area contributed by atoms with Gasteiger partial charge in [0.2, 0.25) is 0 Å². The van der Waals surface area contributed by atoms with Crippen LogP contribution in [0.5, 0.6) is 0 Å². The molecule has 2 N–H and O–H groups in total. The highest BCUT2D eigenvalue weighted by Gasteiger charge is 2.07. The summed E-state index contributed by atoms with van der Waals surface area (Å²) in [5, 5.41) is 10.6. The van der Waals surface area contributed by atoms with Crippen molar-refractivity contribution in [2.75, 3.05) is 5.32 Å². The van der Waals surface area contributed by atoms with E-state index >= 15 is 0 Å². The van der Waals surface area contributed by atoms with Gasteiger partial charge in [-0.25, -0.2) is 0 Å². The Morgan fingerprint density at radius 3 is 2.89 bits per heavy atom. The van der Waals surface area contributed by atoms with Crippen LogP contribution in [0, 0.1) is 0 Å². The first-order chi connectivity index (χ1) is 9.24. The summed E-state index contributed by atoms with van der Waals surface area (Å²) in [7, 11) is 0. The zero-order valence-electron chi connectivity index (χ0n) is 11.0. The summed E-state index contributed by atoms with van der Waals surface area (Å²) < 4.78 is 0. The van der Waals surface area contributed by atoms with Gasteiger partial charge in [0.25, 0.3) is 0 Å². The number of hydrogen-bond donors (Lipinski definition) is 2. The molecule has 0 amide bonds. The fourth-order valence-electron chi connectivity index (χ4n) is 2.05. The lowest BCUT2D eigenvalue weighted by Crippen LogP contribution is -1.94. The Bertz CT molecular complexity index is 700. The molecule has 4 heteroatoms. The second-order valence-corrected chi connectivity index (χ2v) is 4.88. The van der Waals surface area contributed by atoms with E-state index in [-0.39, 0.29) is 0 Å². The van der Waals surface area contributed by atoms with E-state index in [1.54, 1.807) is 6.20 Å². The van der Waals surface area contributed by atoms with E-state index in [2.05, 4.69) is 52.5 Å². The van der Waals surface area contributed by atoms with Crippen molar-refractivity contribution in [3.05, 3.63) is 48.2 Å². The fourth-order valence-corrected chi connectivity index (χ4v) is 2.05. The molecule has 19 heavy (non-hydrogen) atoms. The zero-order chi connectivity index (χ0) is 13.2. The van der Waals surface area contributed by atoms with E-state index in [4.69, 9.17) is 0 Å². The number of H-pyrrole nitrogens is 1. The molecule has 96 valence electrons. The summed E-state index contributed by atoms with van der Waals surface area (Å²) >= 11 is 0. The summed E-state index contributed by atoms with van der Waals surface area (Å²) in [4.78, 5) is 4.34. The van der Waals surface area contributed by atoms with Crippen LogP contribution in [0.1, 0.15) is 25.3 Å². The number of hydrogen-bond acceptors (Lipinski definition) is 3. The minimum absolute atomic E-state index is 0.510. The first-order valence-electron chi connectivity index (χ1n) is 6.40. The summed E-state index contributed by atoms with van der Waals surface area (Å²) in [6.07, 6.45) is 1.77. The quantitative estimate of drug-likeness (QED) is 0.745. The number of fused-ring (bicyclic) bond motifs is 1. The third-order valence-corrected chi connectivity index (χ3v) is 3.14. The molecule has 0 spiro atoms. The molecule has 2 aromatic heterocycles. The molecule has 0 radical (unpaired) electrons. The molecule has 2 heterocycles. The first-order valence-corrected chi connectivity index (χ1v) is 6.40. The van der Waals surface area contributed by atoms with Crippen molar-refractivity contribution in [2.24, 2.45) is 0 Å². The maximum atomic E-state index is 4.34. The van der Waals surface area contributed by atoms with E-state index in [9.17, 15) is 0 Å². The van der Waals surface area contributed by atoms with E-state index in [0.717, 1.165) is 22.5 Å². The molecule has 4 nitrogen and oxygen atoms in total. The highest BCUT2D eigenvalue weighted by molar-refractivity contribution is 5.87. The van der Waals surface area contributed by atoms with Crippen molar-refractivity contribution in [2.45, 2.75) is 19.8 Å². The lowest BCUT2D eigenvalue weighted by atomic mass is 10.0. The van der Waals surface area contributed by atoms with Gasteiger partial charge in [0.05, 0.1) is 5.52 Å². The van der Waals surface area contributed by atoms with E-state index < -0.39 is 0 Å². The lowest BCUT2D eigenvalue weighted by molar-refractivity contribution is 0.867. The van der Waals surface area contributed by atoms with Crippen LogP contribution in [0.2, 0.25) is 0 Å². The second kappa shape index (κ2) is 4.72. The molecule has 0 bridgehead atoms. The van der Waals surface area contributed by atoms with E-state index in [1.165, 1.54) is 5.56 Å². The molecule has 0 saturated carbocycles.